The lowest BCUT2D eigenvalue weighted by atomic mass is 10.3. The van der Waals surface area contributed by atoms with Crippen molar-refractivity contribution in [3.8, 4) is 0 Å². The Bertz CT molecular complexity index is 327. The van der Waals surface area contributed by atoms with Crippen molar-refractivity contribution in [2.45, 2.75) is 17.4 Å². The van der Waals surface area contributed by atoms with Crippen molar-refractivity contribution in [1.82, 2.24) is 0 Å². The summed E-state index contributed by atoms with van der Waals surface area (Å²) in [6.45, 7) is -1.10. The maximum Gasteiger partial charge on any atom is 0.411 e. The van der Waals surface area contributed by atoms with Crippen molar-refractivity contribution in [2.24, 2.45) is 0 Å². The van der Waals surface area contributed by atoms with Gasteiger partial charge in [0.25, 0.3) is 0 Å². The Morgan fingerprint density at radius 2 is 2.12 bits per heavy atom. The van der Waals surface area contributed by atoms with Gasteiger partial charge in [-0.25, -0.2) is 0 Å². The maximum absolute atomic E-state index is 11.8. The first kappa shape index (κ1) is 14.5. The highest BCUT2D eigenvalue weighted by Gasteiger charge is 2.27. The largest absolute Gasteiger partial charge is 0.411 e. The normalized spacial score (nSPS) is 14.1. The molecule has 0 radical (unpaired) electrons. The lowest BCUT2D eigenvalue weighted by Gasteiger charge is -2.10. The van der Waals surface area contributed by atoms with Gasteiger partial charge in [-0.2, -0.15) is 13.2 Å². The van der Waals surface area contributed by atoms with E-state index in [1.54, 1.807) is 11.3 Å². The summed E-state index contributed by atoms with van der Waals surface area (Å²) in [4.78, 5) is 1.09. The third kappa shape index (κ3) is 5.16. The molecule has 0 aromatic carbocycles. The molecule has 0 saturated heterocycles. The topological polar surface area (TPSA) is 9.23 Å². The molecular weight excluding hydrogens is 373 g/mol. The van der Waals surface area contributed by atoms with Crippen LogP contribution in [0.2, 0.25) is 0 Å². The molecule has 0 amide bonds. The molecular formula is C9H9Br2F3OS. The molecule has 1 heterocycles. The number of ether oxygens (including phenoxy) is 1. The molecule has 0 spiro atoms. The zero-order valence-electron chi connectivity index (χ0n) is 8.06. The van der Waals surface area contributed by atoms with Crippen LogP contribution in [0.3, 0.4) is 0 Å². The van der Waals surface area contributed by atoms with Gasteiger partial charge >= 0.3 is 6.18 Å². The Hall–Kier alpha value is 0.410. The van der Waals surface area contributed by atoms with E-state index in [1.807, 2.05) is 11.4 Å². The van der Waals surface area contributed by atoms with E-state index in [1.165, 1.54) is 0 Å². The number of thiophene rings is 1. The number of alkyl halides is 4. The van der Waals surface area contributed by atoms with E-state index < -0.39 is 12.8 Å². The van der Waals surface area contributed by atoms with E-state index >= 15 is 0 Å². The average molecular weight is 382 g/mol. The minimum absolute atomic E-state index is 0.0232. The lowest BCUT2D eigenvalue weighted by molar-refractivity contribution is -0.174. The Balaban J connectivity index is 2.26. The quantitative estimate of drug-likeness (QED) is 0.519. The second-order valence-corrected chi connectivity index (χ2v) is 5.96. The van der Waals surface area contributed by atoms with E-state index in [-0.39, 0.29) is 11.4 Å². The van der Waals surface area contributed by atoms with Crippen LogP contribution in [0.4, 0.5) is 13.2 Å². The van der Waals surface area contributed by atoms with Crippen molar-refractivity contribution >= 4 is 43.2 Å². The van der Waals surface area contributed by atoms with Crippen LogP contribution < -0.4 is 0 Å². The Kier molecular flexibility index (Phi) is 5.76. The fraction of sp³-hybridized carbons (Fsp3) is 0.556. The van der Waals surface area contributed by atoms with Crippen LogP contribution in [0.5, 0.6) is 0 Å². The van der Waals surface area contributed by atoms with Crippen molar-refractivity contribution in [1.29, 1.82) is 0 Å². The first-order valence-corrected chi connectivity index (χ1v) is 7.00. The summed E-state index contributed by atoms with van der Waals surface area (Å²) in [5.41, 5.74) is 0. The van der Waals surface area contributed by atoms with Crippen molar-refractivity contribution in [3.05, 3.63) is 20.8 Å². The first-order valence-electron chi connectivity index (χ1n) is 4.41. The van der Waals surface area contributed by atoms with Gasteiger partial charge in [-0.1, -0.05) is 15.9 Å². The summed E-state index contributed by atoms with van der Waals surface area (Å²) in [6.07, 6.45) is -3.74. The van der Waals surface area contributed by atoms with Gasteiger partial charge in [0, 0.05) is 16.0 Å². The van der Waals surface area contributed by atoms with Crippen LogP contribution in [0.25, 0.3) is 0 Å². The summed E-state index contributed by atoms with van der Waals surface area (Å²) in [7, 11) is 0. The molecule has 1 aromatic heterocycles. The van der Waals surface area contributed by atoms with Crippen LogP contribution >= 0.6 is 43.2 Å². The Morgan fingerprint density at radius 3 is 2.62 bits per heavy atom. The molecule has 0 bridgehead atoms. The molecule has 0 saturated carbocycles. The number of rotatable bonds is 5. The van der Waals surface area contributed by atoms with Crippen LogP contribution in [0.15, 0.2) is 15.9 Å². The second-order valence-electron chi connectivity index (χ2n) is 3.06. The average Bonchev–Trinajstić information content (AvgIpc) is 2.57. The molecule has 0 N–H and O–H groups in total. The van der Waals surface area contributed by atoms with Crippen LogP contribution in [0.1, 0.15) is 16.1 Å². The summed E-state index contributed by atoms with van der Waals surface area (Å²) in [5, 5.41) is 1.92. The third-order valence-electron chi connectivity index (χ3n) is 1.71. The molecule has 0 aliphatic rings. The Labute approximate surface area is 112 Å². The SMILES string of the molecule is FC(F)(F)COCCC(Br)c1sccc1Br. The number of halogens is 5. The maximum atomic E-state index is 11.8. The molecule has 1 atom stereocenters. The monoisotopic (exact) mass is 380 g/mol. The van der Waals surface area contributed by atoms with Crippen LogP contribution in [-0.2, 0) is 4.74 Å². The van der Waals surface area contributed by atoms with E-state index in [0.29, 0.717) is 6.42 Å². The predicted molar refractivity (Wildman–Crippen MR) is 65.2 cm³/mol. The molecule has 1 nitrogen and oxygen atoms in total. The van der Waals surface area contributed by atoms with E-state index in [4.69, 9.17) is 0 Å². The van der Waals surface area contributed by atoms with E-state index in [2.05, 4.69) is 36.6 Å². The van der Waals surface area contributed by atoms with Crippen LogP contribution in [-0.4, -0.2) is 19.4 Å². The molecule has 0 aliphatic heterocycles. The van der Waals surface area contributed by atoms with Crippen molar-refractivity contribution in [2.75, 3.05) is 13.2 Å². The summed E-state index contributed by atoms with van der Waals surface area (Å²) in [6, 6.07) is 1.91. The third-order valence-corrected chi connectivity index (χ3v) is 4.91. The summed E-state index contributed by atoms with van der Waals surface area (Å²) < 4.78 is 40.8. The first-order chi connectivity index (χ1) is 7.40. The number of hydrogen-bond donors (Lipinski definition) is 0. The van der Waals surface area contributed by atoms with Gasteiger partial charge in [-0.15, -0.1) is 11.3 Å². The lowest BCUT2D eigenvalue weighted by Crippen LogP contribution is -2.17. The molecule has 0 aliphatic carbocycles. The Morgan fingerprint density at radius 1 is 1.44 bits per heavy atom. The molecule has 1 unspecified atom stereocenters. The van der Waals surface area contributed by atoms with Gasteiger partial charge in [0.15, 0.2) is 0 Å². The van der Waals surface area contributed by atoms with Crippen molar-refractivity contribution in [3.63, 3.8) is 0 Å². The highest BCUT2D eigenvalue weighted by molar-refractivity contribution is 9.11. The van der Waals surface area contributed by atoms with Gasteiger partial charge < -0.3 is 4.74 Å². The van der Waals surface area contributed by atoms with Gasteiger partial charge in [0.2, 0.25) is 0 Å². The fourth-order valence-electron chi connectivity index (χ4n) is 1.03. The molecule has 16 heavy (non-hydrogen) atoms. The minimum atomic E-state index is -4.24. The smallest absolute Gasteiger partial charge is 0.372 e. The number of hydrogen-bond acceptors (Lipinski definition) is 2. The zero-order valence-corrected chi connectivity index (χ0v) is 12.0. The highest BCUT2D eigenvalue weighted by Crippen LogP contribution is 2.36. The molecule has 7 heteroatoms. The summed E-state index contributed by atoms with van der Waals surface area (Å²) >= 11 is 8.33. The zero-order chi connectivity index (χ0) is 12.2. The molecule has 1 aromatic rings. The van der Waals surface area contributed by atoms with Crippen LogP contribution in [0, 0.1) is 0 Å². The van der Waals surface area contributed by atoms with E-state index in [9.17, 15) is 13.2 Å². The van der Waals surface area contributed by atoms with Gasteiger partial charge in [-0.05, 0) is 33.8 Å². The standard InChI is InChI=1S/C9H9Br2F3OS/c10-6(8-7(11)2-4-16-8)1-3-15-5-9(12,13)14/h2,4,6H,1,3,5H2. The van der Waals surface area contributed by atoms with Gasteiger partial charge in [-0.3, -0.25) is 0 Å². The predicted octanol–water partition coefficient (Wildman–Crippen LogP) is 4.92. The van der Waals surface area contributed by atoms with Gasteiger partial charge in [0.05, 0.1) is 4.83 Å². The minimum Gasteiger partial charge on any atom is -0.372 e. The molecule has 1 rings (SSSR count). The van der Waals surface area contributed by atoms with Gasteiger partial charge in [0.1, 0.15) is 6.61 Å². The molecule has 92 valence electrons. The van der Waals surface area contributed by atoms with Crippen molar-refractivity contribution < 1.29 is 17.9 Å². The highest BCUT2D eigenvalue weighted by atomic mass is 79.9. The van der Waals surface area contributed by atoms with E-state index in [0.717, 1.165) is 9.35 Å². The second kappa shape index (κ2) is 6.37. The molecule has 0 fully saturated rings. The summed E-state index contributed by atoms with van der Waals surface area (Å²) in [5.74, 6) is 0. The fourth-order valence-corrected chi connectivity index (χ4v) is 3.76.